The third-order valence-corrected chi connectivity index (χ3v) is 5.34. The molecule has 3 heteroatoms. The van der Waals surface area contributed by atoms with Gasteiger partial charge in [-0.25, -0.2) is 0 Å². The fourth-order valence-electron chi connectivity index (χ4n) is 3.85. The standard InChI is InChI=1S/C22H27NO2/c1-23(19-14-8-9-15-19)21(25)16-20(24)22(17-10-4-2-5-11-17)18-12-6-3-7-13-18/h2-7,10-13,19,21-22,25H,8-9,14-16H2,1H3. The molecule has 1 N–H and O–H groups in total. The average Bonchev–Trinajstić information content (AvgIpc) is 3.17. The van der Waals surface area contributed by atoms with E-state index < -0.39 is 6.23 Å². The van der Waals surface area contributed by atoms with Gasteiger partial charge >= 0.3 is 0 Å². The molecule has 1 aliphatic rings. The zero-order valence-electron chi connectivity index (χ0n) is 14.8. The van der Waals surface area contributed by atoms with Gasteiger partial charge in [0.25, 0.3) is 0 Å². The Morgan fingerprint density at radius 2 is 1.48 bits per heavy atom. The minimum absolute atomic E-state index is 0.0646. The third-order valence-electron chi connectivity index (χ3n) is 5.34. The maximum atomic E-state index is 13.1. The zero-order chi connectivity index (χ0) is 17.6. The highest BCUT2D eigenvalue weighted by Gasteiger charge is 2.29. The largest absolute Gasteiger partial charge is 0.378 e. The average molecular weight is 337 g/mol. The van der Waals surface area contributed by atoms with Crippen molar-refractivity contribution in [1.82, 2.24) is 4.90 Å². The lowest BCUT2D eigenvalue weighted by molar-refractivity contribution is -0.125. The summed E-state index contributed by atoms with van der Waals surface area (Å²) in [5.41, 5.74) is 1.96. The number of aliphatic hydroxyl groups is 1. The van der Waals surface area contributed by atoms with Crippen LogP contribution in [0.25, 0.3) is 0 Å². The fraction of sp³-hybridized carbons (Fsp3) is 0.409. The summed E-state index contributed by atoms with van der Waals surface area (Å²) in [5, 5.41) is 10.6. The van der Waals surface area contributed by atoms with Gasteiger partial charge in [0.2, 0.25) is 0 Å². The minimum Gasteiger partial charge on any atom is -0.378 e. The zero-order valence-corrected chi connectivity index (χ0v) is 14.8. The van der Waals surface area contributed by atoms with Crippen LogP contribution in [0.2, 0.25) is 0 Å². The Kier molecular flexibility index (Phi) is 6.00. The molecule has 0 radical (unpaired) electrons. The maximum absolute atomic E-state index is 13.1. The van der Waals surface area contributed by atoms with Crippen LogP contribution >= 0.6 is 0 Å². The van der Waals surface area contributed by atoms with Crippen molar-refractivity contribution in [1.29, 1.82) is 0 Å². The van der Waals surface area contributed by atoms with Gasteiger partial charge in [0.15, 0.2) is 0 Å². The number of rotatable bonds is 7. The molecule has 1 unspecified atom stereocenters. The molecule has 1 aliphatic carbocycles. The highest BCUT2D eigenvalue weighted by Crippen LogP contribution is 2.29. The van der Waals surface area contributed by atoms with Gasteiger partial charge in [-0.15, -0.1) is 0 Å². The molecule has 0 aliphatic heterocycles. The summed E-state index contributed by atoms with van der Waals surface area (Å²) in [4.78, 5) is 15.1. The molecule has 2 aromatic carbocycles. The van der Waals surface area contributed by atoms with Gasteiger partial charge in [0, 0.05) is 12.5 Å². The first-order chi connectivity index (χ1) is 12.2. The van der Waals surface area contributed by atoms with E-state index in [9.17, 15) is 9.90 Å². The van der Waals surface area contributed by atoms with E-state index in [1.165, 1.54) is 12.8 Å². The summed E-state index contributed by atoms with van der Waals surface area (Å²) in [6, 6.07) is 20.1. The number of ketones is 1. The molecule has 2 aromatic rings. The second-order valence-corrected chi connectivity index (χ2v) is 7.01. The van der Waals surface area contributed by atoms with Crippen molar-refractivity contribution in [3.05, 3.63) is 71.8 Å². The SMILES string of the molecule is CN(C(O)CC(=O)C(c1ccccc1)c1ccccc1)C1CCCC1. The molecule has 0 bridgehead atoms. The molecule has 0 saturated heterocycles. The van der Waals surface area contributed by atoms with Crippen molar-refractivity contribution >= 4 is 5.78 Å². The van der Waals surface area contributed by atoms with Crippen LogP contribution in [0.1, 0.15) is 49.1 Å². The monoisotopic (exact) mass is 337 g/mol. The van der Waals surface area contributed by atoms with Gasteiger partial charge in [-0.1, -0.05) is 73.5 Å². The van der Waals surface area contributed by atoms with Crippen LogP contribution in [0, 0.1) is 0 Å². The Morgan fingerprint density at radius 1 is 1.00 bits per heavy atom. The van der Waals surface area contributed by atoms with Crippen molar-refractivity contribution in [3.63, 3.8) is 0 Å². The Hall–Kier alpha value is -1.97. The van der Waals surface area contributed by atoms with Crippen molar-refractivity contribution in [3.8, 4) is 0 Å². The van der Waals surface area contributed by atoms with E-state index in [2.05, 4.69) is 0 Å². The van der Waals surface area contributed by atoms with Crippen LogP contribution < -0.4 is 0 Å². The molecular formula is C22H27NO2. The maximum Gasteiger partial charge on any atom is 0.148 e. The van der Waals surface area contributed by atoms with E-state index in [0.717, 1.165) is 24.0 Å². The van der Waals surface area contributed by atoms with Crippen molar-refractivity contribution < 1.29 is 9.90 Å². The highest BCUT2D eigenvalue weighted by atomic mass is 16.3. The first-order valence-corrected chi connectivity index (χ1v) is 9.19. The fourth-order valence-corrected chi connectivity index (χ4v) is 3.85. The van der Waals surface area contributed by atoms with Crippen LogP contribution in [0.3, 0.4) is 0 Å². The minimum atomic E-state index is -0.717. The second-order valence-electron chi connectivity index (χ2n) is 7.01. The van der Waals surface area contributed by atoms with Gasteiger partial charge in [0.1, 0.15) is 12.0 Å². The number of carbonyl (C=O) groups excluding carboxylic acids is 1. The van der Waals surface area contributed by atoms with Gasteiger partial charge in [-0.2, -0.15) is 0 Å². The quantitative estimate of drug-likeness (QED) is 0.777. The van der Waals surface area contributed by atoms with E-state index in [4.69, 9.17) is 0 Å². The van der Waals surface area contributed by atoms with Crippen molar-refractivity contribution in [2.24, 2.45) is 0 Å². The Morgan fingerprint density at radius 3 is 1.96 bits per heavy atom. The molecule has 132 valence electrons. The van der Waals surface area contributed by atoms with Crippen LogP contribution in [0.15, 0.2) is 60.7 Å². The predicted molar refractivity (Wildman–Crippen MR) is 100 cm³/mol. The number of nitrogens with zero attached hydrogens (tertiary/aromatic N) is 1. The molecule has 25 heavy (non-hydrogen) atoms. The van der Waals surface area contributed by atoms with Gasteiger partial charge in [0.05, 0.1) is 5.92 Å². The number of carbonyl (C=O) groups is 1. The molecule has 1 atom stereocenters. The Balaban J connectivity index is 1.77. The first kappa shape index (κ1) is 17.8. The summed E-state index contributed by atoms with van der Waals surface area (Å²) >= 11 is 0. The number of hydrogen-bond acceptors (Lipinski definition) is 3. The Bertz CT molecular complexity index is 625. The molecule has 0 spiro atoms. The van der Waals surface area contributed by atoms with E-state index in [-0.39, 0.29) is 18.1 Å². The molecule has 3 rings (SSSR count). The van der Waals surface area contributed by atoms with Crippen LogP contribution in [0.5, 0.6) is 0 Å². The van der Waals surface area contributed by atoms with Crippen molar-refractivity contribution in [2.45, 2.75) is 50.3 Å². The summed E-state index contributed by atoms with van der Waals surface area (Å²) < 4.78 is 0. The number of Topliss-reactive ketones (excluding diaryl/α,β-unsaturated/α-hetero) is 1. The lowest BCUT2D eigenvalue weighted by Crippen LogP contribution is -2.40. The smallest absolute Gasteiger partial charge is 0.148 e. The number of hydrogen-bond donors (Lipinski definition) is 1. The molecule has 1 saturated carbocycles. The van der Waals surface area contributed by atoms with E-state index in [0.29, 0.717) is 6.04 Å². The normalized spacial score (nSPS) is 16.5. The lowest BCUT2D eigenvalue weighted by Gasteiger charge is -2.30. The van der Waals surface area contributed by atoms with Crippen LogP contribution in [0.4, 0.5) is 0 Å². The van der Waals surface area contributed by atoms with E-state index in [1.54, 1.807) is 0 Å². The molecule has 0 aromatic heterocycles. The summed E-state index contributed by atoms with van der Waals surface area (Å²) in [7, 11) is 1.94. The Labute approximate surface area is 150 Å². The summed E-state index contributed by atoms with van der Waals surface area (Å²) in [5.74, 6) is -0.260. The molecule has 1 fully saturated rings. The first-order valence-electron chi connectivity index (χ1n) is 9.19. The van der Waals surface area contributed by atoms with Crippen molar-refractivity contribution in [2.75, 3.05) is 7.05 Å². The topological polar surface area (TPSA) is 40.5 Å². The molecular weight excluding hydrogens is 310 g/mol. The second kappa shape index (κ2) is 8.41. The molecule has 0 amide bonds. The van der Waals surface area contributed by atoms with Gasteiger partial charge in [-0.05, 0) is 31.0 Å². The summed E-state index contributed by atoms with van der Waals surface area (Å²) in [6.07, 6.45) is 4.09. The highest BCUT2D eigenvalue weighted by molar-refractivity contribution is 5.89. The molecule has 0 heterocycles. The van der Waals surface area contributed by atoms with E-state index in [1.807, 2.05) is 72.6 Å². The van der Waals surface area contributed by atoms with Gasteiger partial charge < -0.3 is 5.11 Å². The summed E-state index contributed by atoms with van der Waals surface area (Å²) in [6.45, 7) is 0. The van der Waals surface area contributed by atoms with Crippen LogP contribution in [-0.2, 0) is 4.79 Å². The third kappa shape index (κ3) is 4.36. The predicted octanol–water partition coefficient (Wildman–Crippen LogP) is 3.97. The van der Waals surface area contributed by atoms with Crippen LogP contribution in [-0.4, -0.2) is 35.1 Å². The number of aliphatic hydroxyl groups excluding tert-OH is 1. The lowest BCUT2D eigenvalue weighted by atomic mass is 9.86. The number of benzene rings is 2. The molecule has 3 nitrogen and oxygen atoms in total. The van der Waals surface area contributed by atoms with Gasteiger partial charge in [-0.3, -0.25) is 9.69 Å². The van der Waals surface area contributed by atoms with E-state index >= 15 is 0 Å².